The van der Waals surface area contributed by atoms with Crippen molar-refractivity contribution in [2.45, 2.75) is 43.9 Å². The van der Waals surface area contributed by atoms with Gasteiger partial charge in [-0.05, 0) is 171 Å². The molecule has 0 atom stereocenters. The van der Waals surface area contributed by atoms with E-state index in [1.807, 2.05) is 0 Å². The smallest absolute Gasteiger partial charge is 0.0541 e. The van der Waals surface area contributed by atoms with Gasteiger partial charge in [-0.25, -0.2) is 0 Å². The van der Waals surface area contributed by atoms with E-state index < -0.39 is 0 Å². The van der Waals surface area contributed by atoms with Gasteiger partial charge in [0.05, 0.1) is 11.0 Å². The highest BCUT2D eigenvalue weighted by molar-refractivity contribution is 6.10. The zero-order chi connectivity index (χ0) is 35.1. The number of aromatic nitrogens is 1. The van der Waals surface area contributed by atoms with Crippen molar-refractivity contribution in [1.82, 2.24) is 4.57 Å². The van der Waals surface area contributed by atoms with Gasteiger partial charge in [-0.2, -0.15) is 0 Å². The minimum absolute atomic E-state index is 0.196. The van der Waals surface area contributed by atoms with E-state index in [0.717, 1.165) is 30.1 Å². The Hall–Kier alpha value is -5.66. The summed E-state index contributed by atoms with van der Waals surface area (Å²) < 4.78 is 2.46. The van der Waals surface area contributed by atoms with E-state index in [0.29, 0.717) is 0 Å². The lowest BCUT2D eigenvalue weighted by Crippen LogP contribution is -2.55. The Morgan fingerprint density at radius 3 is 1.87 bits per heavy atom. The van der Waals surface area contributed by atoms with Crippen LogP contribution >= 0.6 is 0 Å². The van der Waals surface area contributed by atoms with E-state index in [1.165, 1.54) is 115 Å². The largest absolute Gasteiger partial charge is 0.309 e. The van der Waals surface area contributed by atoms with Gasteiger partial charge >= 0.3 is 0 Å². The predicted octanol–water partition coefficient (Wildman–Crippen LogP) is 13.4. The van der Waals surface area contributed by atoms with Crippen LogP contribution in [0.15, 0.2) is 152 Å². The third kappa shape index (κ3) is 3.90. The topological polar surface area (TPSA) is 4.93 Å². The maximum atomic E-state index is 2.62. The van der Waals surface area contributed by atoms with E-state index in [1.54, 1.807) is 11.1 Å². The van der Waals surface area contributed by atoms with Crippen LogP contribution < -0.4 is 0 Å². The number of para-hydroxylation sites is 1. The first-order chi connectivity index (χ1) is 26.7. The number of rotatable bonds is 3. The van der Waals surface area contributed by atoms with Gasteiger partial charge in [-0.3, -0.25) is 0 Å². The van der Waals surface area contributed by atoms with E-state index in [-0.39, 0.29) is 5.41 Å². The van der Waals surface area contributed by atoms with Crippen LogP contribution in [-0.2, 0) is 11.8 Å². The molecule has 1 aromatic heterocycles. The molecule has 7 aromatic carbocycles. The summed E-state index contributed by atoms with van der Waals surface area (Å²) in [5.41, 5.74) is 21.0. The Morgan fingerprint density at radius 1 is 0.407 bits per heavy atom. The van der Waals surface area contributed by atoms with Crippen molar-refractivity contribution in [3.63, 3.8) is 0 Å². The van der Waals surface area contributed by atoms with Gasteiger partial charge in [0.15, 0.2) is 0 Å². The minimum Gasteiger partial charge on any atom is -0.309 e. The van der Waals surface area contributed by atoms with Crippen molar-refractivity contribution in [1.29, 1.82) is 0 Å². The third-order valence-electron chi connectivity index (χ3n) is 14.8. The van der Waals surface area contributed by atoms with Gasteiger partial charge < -0.3 is 4.57 Å². The molecule has 4 fully saturated rings. The molecule has 0 amide bonds. The average Bonchev–Trinajstić information content (AvgIpc) is 3.85. The van der Waals surface area contributed by atoms with Crippen LogP contribution in [0.25, 0.3) is 72.0 Å². The Kier molecular flexibility index (Phi) is 5.91. The molecule has 0 unspecified atom stereocenters. The van der Waals surface area contributed by atoms with E-state index in [4.69, 9.17) is 0 Å². The van der Waals surface area contributed by atoms with Crippen LogP contribution in [0.5, 0.6) is 0 Å². The second kappa shape index (κ2) is 10.7. The average molecular weight is 692 g/mol. The number of hydrogen-bond acceptors (Lipinski definition) is 0. The number of hydrogen-bond donors (Lipinski definition) is 0. The Bertz CT molecular complexity index is 2840. The van der Waals surface area contributed by atoms with Gasteiger partial charge in [0.2, 0.25) is 0 Å². The first kappa shape index (κ1) is 29.8. The maximum absolute atomic E-state index is 2.62. The summed E-state index contributed by atoms with van der Waals surface area (Å²) in [7, 11) is 0. The van der Waals surface area contributed by atoms with Crippen LogP contribution in [0.4, 0.5) is 0 Å². The standard InChI is InChI=1S/C53H41N/c1-2-8-43-38(7-1)28-39-14-13-35(29-47(39)43)36-18-22-52-48(30-36)46-10-4-6-12-51(46)54(52)42-19-15-34(16-20-42)37-17-21-45-44-9-3-5-11-49(44)53(50(45)31-37)40-24-32-23-33(26-40)27-41(53)25-32/h1-22,29-33,40-41H,23-28H2. The molecule has 6 aliphatic rings. The van der Waals surface area contributed by atoms with Crippen LogP contribution in [0.3, 0.4) is 0 Å². The summed E-state index contributed by atoms with van der Waals surface area (Å²) in [5.74, 6) is 3.47. The molecule has 14 rings (SSSR count). The highest BCUT2D eigenvalue weighted by atomic mass is 15.0. The molecule has 6 aliphatic carbocycles. The third-order valence-corrected chi connectivity index (χ3v) is 14.8. The molecule has 0 aliphatic heterocycles. The molecule has 1 spiro atoms. The summed E-state index contributed by atoms with van der Waals surface area (Å²) in [6.07, 6.45) is 8.19. The summed E-state index contributed by atoms with van der Waals surface area (Å²) in [5, 5.41) is 2.59. The van der Waals surface area contributed by atoms with Crippen LogP contribution in [0.1, 0.15) is 54.4 Å². The summed E-state index contributed by atoms with van der Waals surface area (Å²) >= 11 is 0. The van der Waals surface area contributed by atoms with E-state index >= 15 is 0 Å². The molecule has 1 heterocycles. The Morgan fingerprint density at radius 2 is 1.02 bits per heavy atom. The lowest BCUT2D eigenvalue weighted by Gasteiger charge is -2.61. The Balaban J connectivity index is 0.896. The van der Waals surface area contributed by atoms with Crippen LogP contribution in [-0.4, -0.2) is 4.57 Å². The predicted molar refractivity (Wildman–Crippen MR) is 223 cm³/mol. The van der Waals surface area contributed by atoms with E-state index in [9.17, 15) is 0 Å². The Labute approximate surface area is 316 Å². The molecule has 258 valence electrons. The minimum atomic E-state index is 0.196. The van der Waals surface area contributed by atoms with Crippen LogP contribution in [0.2, 0.25) is 0 Å². The molecule has 0 N–H and O–H groups in total. The molecule has 8 aromatic rings. The maximum Gasteiger partial charge on any atom is 0.0541 e. The van der Waals surface area contributed by atoms with Gasteiger partial charge in [0, 0.05) is 21.9 Å². The molecule has 4 bridgehead atoms. The molecular weight excluding hydrogens is 651 g/mol. The highest BCUT2D eigenvalue weighted by Gasteiger charge is 2.61. The van der Waals surface area contributed by atoms with Crippen molar-refractivity contribution in [3.05, 3.63) is 174 Å². The molecule has 1 heteroatoms. The van der Waals surface area contributed by atoms with Gasteiger partial charge in [0.25, 0.3) is 0 Å². The van der Waals surface area contributed by atoms with Crippen molar-refractivity contribution < 1.29 is 0 Å². The molecule has 0 radical (unpaired) electrons. The lowest BCUT2D eigenvalue weighted by molar-refractivity contribution is -0.0399. The first-order valence-electron chi connectivity index (χ1n) is 20.3. The summed E-state index contributed by atoms with van der Waals surface area (Å²) in [4.78, 5) is 0. The fourth-order valence-corrected chi connectivity index (χ4v) is 12.9. The molecule has 0 saturated heterocycles. The lowest BCUT2D eigenvalue weighted by atomic mass is 9.43. The summed E-state index contributed by atoms with van der Waals surface area (Å²) in [6, 6.07) is 58.2. The second-order valence-electron chi connectivity index (χ2n) is 17.3. The van der Waals surface area contributed by atoms with Gasteiger partial charge in [-0.15, -0.1) is 0 Å². The molecular formula is C53H41N. The monoisotopic (exact) mass is 691 g/mol. The summed E-state index contributed by atoms with van der Waals surface area (Å²) in [6.45, 7) is 0. The number of fused-ring (bicyclic) bond motifs is 9. The normalized spacial score (nSPS) is 23.9. The fourth-order valence-electron chi connectivity index (χ4n) is 12.9. The number of benzene rings is 7. The first-order valence-corrected chi connectivity index (χ1v) is 20.3. The zero-order valence-electron chi connectivity index (χ0n) is 30.4. The fraction of sp³-hybridized carbons (Fsp3) is 0.208. The SMILES string of the molecule is c1ccc2c(c1)Cc1ccc(-c3ccc4c(c3)c3ccccc3n4-c3ccc(-c4ccc5c(c4)C4(c6ccccc6-5)C5CC6CC(C5)CC4C6)cc3)cc1-2. The van der Waals surface area contributed by atoms with Gasteiger partial charge in [0.1, 0.15) is 0 Å². The van der Waals surface area contributed by atoms with Crippen LogP contribution in [0, 0.1) is 23.7 Å². The van der Waals surface area contributed by atoms with Crippen molar-refractivity contribution in [2.75, 3.05) is 0 Å². The van der Waals surface area contributed by atoms with Crippen molar-refractivity contribution >= 4 is 21.8 Å². The molecule has 4 saturated carbocycles. The van der Waals surface area contributed by atoms with Gasteiger partial charge in [-0.1, -0.05) is 109 Å². The molecule has 1 nitrogen and oxygen atoms in total. The quantitative estimate of drug-likeness (QED) is 0.174. The van der Waals surface area contributed by atoms with Crippen molar-refractivity contribution in [2.24, 2.45) is 23.7 Å². The highest BCUT2D eigenvalue weighted by Crippen LogP contribution is 2.69. The second-order valence-corrected chi connectivity index (χ2v) is 17.3. The number of nitrogens with zero attached hydrogens (tertiary/aromatic N) is 1. The molecule has 54 heavy (non-hydrogen) atoms. The zero-order valence-corrected chi connectivity index (χ0v) is 30.4. The van der Waals surface area contributed by atoms with E-state index in [2.05, 4.69) is 156 Å². The van der Waals surface area contributed by atoms with Crippen molar-refractivity contribution in [3.8, 4) is 50.2 Å².